The van der Waals surface area contributed by atoms with Crippen LogP contribution in [0.2, 0.25) is 0 Å². The molecule has 0 aliphatic heterocycles. The molecule has 0 amide bonds. The highest BCUT2D eigenvalue weighted by Gasteiger charge is 2.01. The lowest BCUT2D eigenvalue weighted by atomic mass is 10.00. The van der Waals surface area contributed by atoms with Crippen LogP contribution in [0.5, 0.6) is 0 Å². The average molecular weight is 277 g/mol. The zero-order valence-electron chi connectivity index (χ0n) is 11.4. The smallest absolute Gasteiger partial charge is 0.00147 e. The van der Waals surface area contributed by atoms with E-state index in [1.165, 1.54) is 22.3 Å². The van der Waals surface area contributed by atoms with Gasteiger partial charge in [0.2, 0.25) is 0 Å². The van der Waals surface area contributed by atoms with Gasteiger partial charge in [0.1, 0.15) is 0 Å². The monoisotopic (exact) mass is 277 g/mol. The van der Waals surface area contributed by atoms with E-state index < -0.39 is 0 Å². The molecular formula is C19H17S. The molecule has 0 bridgehead atoms. The van der Waals surface area contributed by atoms with Crippen molar-refractivity contribution in [3.05, 3.63) is 89.0 Å². The summed E-state index contributed by atoms with van der Waals surface area (Å²) in [7, 11) is 0. The van der Waals surface area contributed by atoms with Crippen LogP contribution in [0.4, 0.5) is 0 Å². The molecule has 0 fully saturated rings. The number of aryl methyl sites for hydroxylation is 2. The van der Waals surface area contributed by atoms with Crippen molar-refractivity contribution in [1.82, 2.24) is 0 Å². The normalized spacial score (nSPS) is 10.7. The lowest BCUT2D eigenvalue weighted by Gasteiger charge is -2.05. The third-order valence-electron chi connectivity index (χ3n) is 3.48. The molecule has 1 aromatic heterocycles. The molecule has 0 aliphatic carbocycles. The first kappa shape index (κ1) is 13.1. The molecule has 1 heterocycles. The lowest BCUT2D eigenvalue weighted by Crippen LogP contribution is -1.92. The van der Waals surface area contributed by atoms with Crippen molar-refractivity contribution in [3.8, 4) is 11.1 Å². The topological polar surface area (TPSA) is 0 Å². The molecule has 99 valence electrons. The number of thiophene rings is 1. The van der Waals surface area contributed by atoms with Crippen LogP contribution >= 0.6 is 11.3 Å². The van der Waals surface area contributed by atoms with Gasteiger partial charge in [-0.25, -0.2) is 0 Å². The maximum atomic E-state index is 3.99. The molecule has 20 heavy (non-hydrogen) atoms. The molecule has 3 aromatic rings. The van der Waals surface area contributed by atoms with Crippen LogP contribution in [0, 0.1) is 6.92 Å². The van der Waals surface area contributed by atoms with Crippen LogP contribution < -0.4 is 0 Å². The van der Waals surface area contributed by atoms with E-state index >= 15 is 0 Å². The van der Waals surface area contributed by atoms with Gasteiger partial charge in [-0.3, -0.25) is 0 Å². The third-order valence-corrected chi connectivity index (χ3v) is 4.16. The summed E-state index contributed by atoms with van der Waals surface area (Å²) in [6.45, 7) is 3.99. The fraction of sp³-hybridized carbons (Fsp3) is 0.105. The summed E-state index contributed by atoms with van der Waals surface area (Å²) < 4.78 is 0. The number of rotatable bonds is 4. The highest BCUT2D eigenvalue weighted by Crippen LogP contribution is 2.23. The highest BCUT2D eigenvalue weighted by atomic mass is 32.1. The van der Waals surface area contributed by atoms with Gasteiger partial charge in [-0.2, -0.15) is 11.3 Å². The second kappa shape index (κ2) is 6.06. The zero-order valence-corrected chi connectivity index (χ0v) is 12.2. The van der Waals surface area contributed by atoms with E-state index in [2.05, 4.69) is 66.2 Å². The summed E-state index contributed by atoms with van der Waals surface area (Å²) in [6, 6.07) is 19.5. The number of hydrogen-bond donors (Lipinski definition) is 0. The van der Waals surface area contributed by atoms with Crippen molar-refractivity contribution in [2.75, 3.05) is 0 Å². The summed E-state index contributed by atoms with van der Waals surface area (Å²) in [5, 5.41) is 4.33. The standard InChI is InChI=1S/C19H17S/c1-15-4-2-5-16(12-15)8-9-17-6-3-7-18(13-17)19-10-11-20-14-19/h2-7,10-14H,1,8-9H2. The van der Waals surface area contributed by atoms with Gasteiger partial charge in [0.15, 0.2) is 0 Å². The van der Waals surface area contributed by atoms with Crippen molar-refractivity contribution in [2.45, 2.75) is 12.8 Å². The molecule has 1 heteroatoms. The van der Waals surface area contributed by atoms with Crippen molar-refractivity contribution < 1.29 is 0 Å². The molecule has 0 N–H and O–H groups in total. The Bertz CT molecular complexity index is 681. The Hall–Kier alpha value is -1.86. The van der Waals surface area contributed by atoms with E-state index in [1.54, 1.807) is 11.3 Å². The maximum Gasteiger partial charge on any atom is -0.00147 e. The van der Waals surface area contributed by atoms with Gasteiger partial charge in [-0.05, 0) is 64.4 Å². The predicted molar refractivity (Wildman–Crippen MR) is 88.1 cm³/mol. The van der Waals surface area contributed by atoms with Crippen LogP contribution in [0.3, 0.4) is 0 Å². The summed E-state index contributed by atoms with van der Waals surface area (Å²) in [5.41, 5.74) is 6.47. The van der Waals surface area contributed by atoms with Crippen molar-refractivity contribution in [1.29, 1.82) is 0 Å². The first-order chi connectivity index (χ1) is 9.81. The lowest BCUT2D eigenvalue weighted by molar-refractivity contribution is 0.960. The van der Waals surface area contributed by atoms with Gasteiger partial charge in [0.05, 0.1) is 0 Å². The van der Waals surface area contributed by atoms with E-state index in [-0.39, 0.29) is 0 Å². The van der Waals surface area contributed by atoms with Crippen LogP contribution in [-0.4, -0.2) is 0 Å². The minimum Gasteiger partial charge on any atom is -0.152 e. The Balaban J connectivity index is 1.73. The van der Waals surface area contributed by atoms with Gasteiger partial charge in [-0.15, -0.1) is 0 Å². The molecule has 0 spiro atoms. The first-order valence-corrected chi connectivity index (χ1v) is 7.78. The maximum absolute atomic E-state index is 3.99. The van der Waals surface area contributed by atoms with Gasteiger partial charge in [0.25, 0.3) is 0 Å². The number of hydrogen-bond acceptors (Lipinski definition) is 1. The van der Waals surface area contributed by atoms with E-state index in [0.717, 1.165) is 18.4 Å². The van der Waals surface area contributed by atoms with Gasteiger partial charge in [0, 0.05) is 0 Å². The van der Waals surface area contributed by atoms with E-state index in [9.17, 15) is 0 Å². The van der Waals surface area contributed by atoms with Crippen LogP contribution in [0.25, 0.3) is 11.1 Å². The third kappa shape index (κ3) is 3.17. The minimum atomic E-state index is 1.07. The van der Waals surface area contributed by atoms with Gasteiger partial charge >= 0.3 is 0 Å². The summed E-state index contributed by atoms with van der Waals surface area (Å²) in [4.78, 5) is 0. The molecule has 0 saturated carbocycles. The Morgan fingerprint density at radius 2 is 1.55 bits per heavy atom. The van der Waals surface area contributed by atoms with Crippen molar-refractivity contribution in [3.63, 3.8) is 0 Å². The molecule has 0 saturated heterocycles. The van der Waals surface area contributed by atoms with E-state index in [4.69, 9.17) is 0 Å². The molecule has 1 radical (unpaired) electrons. The average Bonchev–Trinajstić information content (AvgIpc) is 3.00. The second-order valence-electron chi connectivity index (χ2n) is 5.03. The first-order valence-electron chi connectivity index (χ1n) is 6.84. The van der Waals surface area contributed by atoms with Crippen LogP contribution in [-0.2, 0) is 12.8 Å². The van der Waals surface area contributed by atoms with Crippen LogP contribution in [0.15, 0.2) is 65.4 Å². The Kier molecular flexibility index (Phi) is 3.98. The van der Waals surface area contributed by atoms with Crippen LogP contribution in [0.1, 0.15) is 16.7 Å². The highest BCUT2D eigenvalue weighted by molar-refractivity contribution is 7.08. The molecule has 0 atom stereocenters. The SMILES string of the molecule is [CH2]c1cccc(CCc2cccc(-c3ccsc3)c2)c1. The largest absolute Gasteiger partial charge is 0.152 e. The fourth-order valence-corrected chi connectivity index (χ4v) is 3.07. The van der Waals surface area contributed by atoms with E-state index in [0.29, 0.717) is 0 Å². The summed E-state index contributed by atoms with van der Waals surface area (Å²) >= 11 is 1.75. The summed E-state index contributed by atoms with van der Waals surface area (Å²) in [6.07, 6.45) is 2.14. The van der Waals surface area contributed by atoms with Crippen molar-refractivity contribution >= 4 is 11.3 Å². The molecule has 3 rings (SSSR count). The number of benzene rings is 2. The van der Waals surface area contributed by atoms with Gasteiger partial charge in [-0.1, -0.05) is 48.5 Å². The molecule has 0 unspecified atom stereocenters. The van der Waals surface area contributed by atoms with E-state index in [1.807, 2.05) is 6.07 Å². The molecule has 2 aromatic carbocycles. The predicted octanol–water partition coefficient (Wildman–Crippen LogP) is 5.38. The Morgan fingerprint density at radius 1 is 0.800 bits per heavy atom. The Morgan fingerprint density at radius 3 is 2.25 bits per heavy atom. The minimum absolute atomic E-state index is 1.07. The second-order valence-corrected chi connectivity index (χ2v) is 5.81. The summed E-state index contributed by atoms with van der Waals surface area (Å²) in [5.74, 6) is 0. The Labute approximate surface area is 124 Å². The molecule has 0 nitrogen and oxygen atoms in total. The molecule has 0 aliphatic rings. The van der Waals surface area contributed by atoms with Gasteiger partial charge < -0.3 is 0 Å². The zero-order chi connectivity index (χ0) is 13.8. The quantitative estimate of drug-likeness (QED) is 0.600. The van der Waals surface area contributed by atoms with Crippen molar-refractivity contribution in [2.24, 2.45) is 0 Å². The fourth-order valence-electron chi connectivity index (χ4n) is 2.41. The molecular weight excluding hydrogens is 260 g/mol.